The standard InChI is InChI=1S/2C4H10.2CH4O.4CH4.2BrH/c2*1-3-4-2;2*1-2;;;;;;/h2*3-4H2,1-2H3;2*2H,1H3;4*1H4;2*1H. The van der Waals surface area contributed by atoms with Gasteiger partial charge >= 0.3 is 0 Å². The Kier molecular flexibility index (Phi) is 910. The summed E-state index contributed by atoms with van der Waals surface area (Å²) in [7, 11) is 2.00. The molecule has 0 radical (unpaired) electrons. The van der Waals surface area contributed by atoms with Crippen LogP contribution in [0, 0.1) is 0 Å². The van der Waals surface area contributed by atoms with E-state index < -0.39 is 0 Å². The first-order valence-corrected chi connectivity index (χ1v) is 4.72. The minimum atomic E-state index is 0. The molecule has 128 valence electrons. The van der Waals surface area contributed by atoms with E-state index in [9.17, 15) is 0 Å². The summed E-state index contributed by atoms with van der Waals surface area (Å²) >= 11 is 0. The molecular formula is C14H46Br2O2. The van der Waals surface area contributed by atoms with Crippen molar-refractivity contribution in [2.24, 2.45) is 0 Å². The highest BCUT2D eigenvalue weighted by Gasteiger charge is 1.56. The first-order chi connectivity index (χ1) is 5.83. The number of aliphatic hydroxyl groups excluding tert-OH is 2. The van der Waals surface area contributed by atoms with Crippen molar-refractivity contribution in [2.45, 2.75) is 83.1 Å². The van der Waals surface area contributed by atoms with Gasteiger partial charge in [0.25, 0.3) is 0 Å². The van der Waals surface area contributed by atoms with Gasteiger partial charge in [0, 0.05) is 14.2 Å². The highest BCUT2D eigenvalue weighted by molar-refractivity contribution is 8.93. The summed E-state index contributed by atoms with van der Waals surface area (Å²) in [6, 6.07) is 0. The molecule has 0 bridgehead atoms. The molecule has 0 aromatic heterocycles. The van der Waals surface area contributed by atoms with Crippen molar-refractivity contribution in [1.29, 1.82) is 0 Å². The van der Waals surface area contributed by atoms with E-state index in [1.807, 2.05) is 0 Å². The Bertz CT molecular complexity index is 25.8. The van der Waals surface area contributed by atoms with Gasteiger partial charge in [-0.1, -0.05) is 83.1 Å². The van der Waals surface area contributed by atoms with Crippen LogP contribution in [0.2, 0.25) is 0 Å². The molecule has 18 heavy (non-hydrogen) atoms. The maximum atomic E-state index is 7.00. The molecule has 0 aromatic rings. The van der Waals surface area contributed by atoms with E-state index in [-0.39, 0.29) is 63.7 Å². The number of hydrogen-bond donors (Lipinski definition) is 2. The van der Waals surface area contributed by atoms with Crippen LogP contribution in [0.5, 0.6) is 0 Å². The Labute approximate surface area is 141 Å². The van der Waals surface area contributed by atoms with E-state index in [1.54, 1.807) is 0 Å². The Morgan fingerprint density at radius 3 is 0.500 bits per heavy atom. The van der Waals surface area contributed by atoms with Gasteiger partial charge in [-0.25, -0.2) is 0 Å². The topological polar surface area (TPSA) is 40.5 Å². The zero-order valence-electron chi connectivity index (χ0n) is 10.5. The van der Waals surface area contributed by atoms with Gasteiger partial charge in [-0.2, -0.15) is 0 Å². The molecule has 4 heteroatoms. The Morgan fingerprint density at radius 2 is 0.500 bits per heavy atom. The Hall–Kier alpha value is 0.880. The quantitative estimate of drug-likeness (QED) is 0.547. The van der Waals surface area contributed by atoms with Gasteiger partial charge in [0.15, 0.2) is 0 Å². The fourth-order valence-corrected chi connectivity index (χ4v) is 0. The molecule has 0 aromatic carbocycles. The summed E-state index contributed by atoms with van der Waals surface area (Å²) in [5.74, 6) is 0. The van der Waals surface area contributed by atoms with Gasteiger partial charge in [-0.15, -0.1) is 34.0 Å². The van der Waals surface area contributed by atoms with Crippen LogP contribution in [0.4, 0.5) is 0 Å². The molecule has 0 atom stereocenters. The molecule has 0 aliphatic rings. The minimum absolute atomic E-state index is 0. The third-order valence-electron chi connectivity index (χ3n) is 1.000. The zero-order chi connectivity index (χ0) is 10.8. The van der Waals surface area contributed by atoms with Crippen molar-refractivity contribution in [3.63, 3.8) is 0 Å². The molecule has 2 nitrogen and oxygen atoms in total. The lowest BCUT2D eigenvalue weighted by molar-refractivity contribution is 0.399. The third kappa shape index (κ3) is 513. The first-order valence-electron chi connectivity index (χ1n) is 4.72. The van der Waals surface area contributed by atoms with Crippen molar-refractivity contribution < 1.29 is 10.2 Å². The van der Waals surface area contributed by atoms with E-state index in [4.69, 9.17) is 10.2 Å². The van der Waals surface area contributed by atoms with Crippen LogP contribution in [0.1, 0.15) is 83.1 Å². The van der Waals surface area contributed by atoms with Crippen LogP contribution in [-0.2, 0) is 0 Å². The van der Waals surface area contributed by atoms with Crippen LogP contribution >= 0.6 is 34.0 Å². The van der Waals surface area contributed by atoms with Crippen molar-refractivity contribution in [3.8, 4) is 0 Å². The van der Waals surface area contributed by atoms with E-state index in [1.165, 1.54) is 25.7 Å². The molecule has 0 fully saturated rings. The SMILES string of the molecule is Br.Br.C.C.C.C.CCCC.CCCC.CO.CO. The predicted octanol–water partition coefficient (Wildman–Crippen LogP) is 6.53. The van der Waals surface area contributed by atoms with Crippen molar-refractivity contribution >= 4 is 34.0 Å². The van der Waals surface area contributed by atoms with Crippen molar-refractivity contribution in [2.75, 3.05) is 14.2 Å². The van der Waals surface area contributed by atoms with E-state index in [0.717, 1.165) is 14.2 Å². The summed E-state index contributed by atoms with van der Waals surface area (Å²) in [5.41, 5.74) is 0. The maximum Gasteiger partial charge on any atom is 0.0319 e. The van der Waals surface area contributed by atoms with E-state index >= 15 is 0 Å². The van der Waals surface area contributed by atoms with Gasteiger partial charge < -0.3 is 10.2 Å². The van der Waals surface area contributed by atoms with Crippen LogP contribution in [0.3, 0.4) is 0 Å². The molecule has 0 saturated heterocycles. The second kappa shape index (κ2) is 214. The summed E-state index contributed by atoms with van der Waals surface area (Å²) in [6.07, 6.45) is 5.28. The molecule has 0 amide bonds. The molecule has 0 unspecified atom stereocenters. The number of unbranched alkanes of at least 4 members (excludes halogenated alkanes) is 2. The normalized spacial score (nSPS) is 4.00. The van der Waals surface area contributed by atoms with Crippen molar-refractivity contribution in [1.82, 2.24) is 0 Å². The monoisotopic (exact) mass is 404 g/mol. The summed E-state index contributed by atoms with van der Waals surface area (Å²) in [4.78, 5) is 0. The van der Waals surface area contributed by atoms with E-state index in [0.29, 0.717) is 0 Å². The highest BCUT2D eigenvalue weighted by Crippen LogP contribution is 1.77. The molecule has 0 saturated carbocycles. The lowest BCUT2D eigenvalue weighted by Crippen LogP contribution is -1.47. The second-order valence-electron chi connectivity index (χ2n) is 2.00. The molecule has 0 heterocycles. The average Bonchev–Trinajstić information content (AvgIpc) is 2.23. The molecule has 0 aliphatic carbocycles. The van der Waals surface area contributed by atoms with Gasteiger partial charge in [-0.3, -0.25) is 0 Å². The zero-order valence-corrected chi connectivity index (χ0v) is 14.0. The number of rotatable bonds is 2. The summed E-state index contributed by atoms with van der Waals surface area (Å²) in [6.45, 7) is 8.72. The third-order valence-corrected chi connectivity index (χ3v) is 1.000. The van der Waals surface area contributed by atoms with E-state index in [2.05, 4.69) is 27.7 Å². The van der Waals surface area contributed by atoms with Crippen LogP contribution in [0.15, 0.2) is 0 Å². The fraction of sp³-hybridized carbons (Fsp3) is 1.00. The summed E-state index contributed by atoms with van der Waals surface area (Å²) < 4.78 is 0. The van der Waals surface area contributed by atoms with Crippen LogP contribution < -0.4 is 0 Å². The van der Waals surface area contributed by atoms with Crippen LogP contribution in [0.25, 0.3) is 0 Å². The summed E-state index contributed by atoms with van der Waals surface area (Å²) in [5, 5.41) is 14.0. The van der Waals surface area contributed by atoms with Crippen LogP contribution in [-0.4, -0.2) is 24.4 Å². The number of hydrogen-bond acceptors (Lipinski definition) is 2. The highest BCUT2D eigenvalue weighted by atomic mass is 79.9. The number of halogens is 2. The Morgan fingerprint density at radius 1 is 0.444 bits per heavy atom. The fourth-order valence-electron chi connectivity index (χ4n) is 0. The van der Waals surface area contributed by atoms with Crippen molar-refractivity contribution in [3.05, 3.63) is 0 Å². The number of aliphatic hydroxyl groups is 2. The second-order valence-corrected chi connectivity index (χ2v) is 2.00. The first kappa shape index (κ1) is 76.5. The maximum absolute atomic E-state index is 7.00. The lowest BCUT2D eigenvalue weighted by atomic mass is 10.4. The predicted molar refractivity (Wildman–Crippen MR) is 105 cm³/mol. The average molecular weight is 406 g/mol. The molecular weight excluding hydrogens is 360 g/mol. The Balaban J connectivity index is -0.00000000554. The molecule has 0 spiro atoms. The lowest BCUT2D eigenvalue weighted by Gasteiger charge is -1.68. The van der Waals surface area contributed by atoms with Gasteiger partial charge in [0.2, 0.25) is 0 Å². The molecule has 0 rings (SSSR count). The van der Waals surface area contributed by atoms with Gasteiger partial charge in [0.05, 0.1) is 0 Å². The molecule has 0 aliphatic heterocycles. The minimum Gasteiger partial charge on any atom is -0.400 e. The molecule has 2 N–H and O–H groups in total. The van der Waals surface area contributed by atoms with Gasteiger partial charge in [0.1, 0.15) is 0 Å². The largest absolute Gasteiger partial charge is 0.400 e. The van der Waals surface area contributed by atoms with Gasteiger partial charge in [-0.05, 0) is 0 Å². The smallest absolute Gasteiger partial charge is 0.0319 e.